The first-order valence-electron chi connectivity index (χ1n) is 11.7. The van der Waals surface area contributed by atoms with Crippen LogP contribution in [0, 0.1) is 0 Å². The van der Waals surface area contributed by atoms with Crippen LogP contribution >= 0.6 is 0 Å². The number of ether oxygens (including phenoxy) is 2. The monoisotopic (exact) mass is 465 g/mol. The summed E-state index contributed by atoms with van der Waals surface area (Å²) >= 11 is 0. The fourth-order valence-corrected chi connectivity index (χ4v) is 4.41. The lowest BCUT2D eigenvalue weighted by Crippen LogP contribution is -2.52. The minimum Gasteiger partial charge on any atom is -0.348 e. The maximum atomic E-state index is 14.0. The van der Waals surface area contributed by atoms with Crippen molar-refractivity contribution in [1.29, 1.82) is 0 Å². The zero-order valence-corrected chi connectivity index (χ0v) is 19.7. The summed E-state index contributed by atoms with van der Waals surface area (Å²) < 4.78 is 10.9. The van der Waals surface area contributed by atoms with Crippen LogP contribution in [-0.2, 0) is 25.5 Å². The largest absolute Gasteiger partial charge is 0.348 e. The number of anilines is 1. The molecule has 0 bridgehead atoms. The Bertz CT molecular complexity index is 1020. The van der Waals surface area contributed by atoms with Crippen LogP contribution < -0.4 is 4.90 Å². The van der Waals surface area contributed by atoms with Crippen LogP contribution in [0.15, 0.2) is 54.6 Å². The Balaban J connectivity index is 1.65. The number of para-hydroxylation sites is 1. The number of likely N-dealkylation sites (N-methyl/N-ethyl adjacent to an activating group) is 1. The molecule has 1 atom stereocenters. The topological polar surface area (TPSA) is 79.4 Å². The summed E-state index contributed by atoms with van der Waals surface area (Å²) in [4.78, 5) is 45.3. The van der Waals surface area contributed by atoms with Crippen molar-refractivity contribution in [2.24, 2.45) is 0 Å². The smallest absolute Gasteiger partial charge is 0.256 e. The number of carbonyl (C=O) groups excluding carboxylic acids is 3. The van der Waals surface area contributed by atoms with Gasteiger partial charge < -0.3 is 24.2 Å². The zero-order chi connectivity index (χ0) is 24.1. The first-order chi connectivity index (χ1) is 16.5. The highest BCUT2D eigenvalue weighted by molar-refractivity contribution is 6.12. The number of benzene rings is 2. The van der Waals surface area contributed by atoms with E-state index in [-0.39, 0.29) is 30.8 Å². The van der Waals surface area contributed by atoms with E-state index in [0.29, 0.717) is 37.4 Å². The van der Waals surface area contributed by atoms with Gasteiger partial charge in [0.25, 0.3) is 11.8 Å². The summed E-state index contributed by atoms with van der Waals surface area (Å²) in [6.07, 6.45) is 0.632. The Kier molecular flexibility index (Phi) is 7.59. The van der Waals surface area contributed by atoms with Crippen molar-refractivity contribution in [1.82, 2.24) is 9.80 Å². The lowest BCUT2D eigenvalue weighted by atomic mass is 10.0. The Morgan fingerprint density at radius 3 is 2.41 bits per heavy atom. The average molecular weight is 466 g/mol. The number of fused-ring (bicyclic) bond motifs is 1. The van der Waals surface area contributed by atoms with E-state index in [4.69, 9.17) is 9.47 Å². The Labute approximate surface area is 200 Å². The lowest BCUT2D eigenvalue weighted by molar-refractivity contribution is -0.135. The van der Waals surface area contributed by atoms with Crippen molar-refractivity contribution in [3.8, 4) is 0 Å². The summed E-state index contributed by atoms with van der Waals surface area (Å²) in [7, 11) is 1.66. The van der Waals surface area contributed by atoms with E-state index in [9.17, 15) is 14.4 Å². The van der Waals surface area contributed by atoms with Crippen molar-refractivity contribution in [2.45, 2.75) is 32.1 Å². The van der Waals surface area contributed by atoms with E-state index in [1.807, 2.05) is 37.3 Å². The van der Waals surface area contributed by atoms with Gasteiger partial charge in [0.1, 0.15) is 12.6 Å². The minimum atomic E-state index is -0.707. The van der Waals surface area contributed by atoms with Crippen LogP contribution in [0.25, 0.3) is 0 Å². The quantitative estimate of drug-likeness (QED) is 0.598. The molecule has 8 heteroatoms. The normalized spacial score (nSPS) is 18.7. The Hall–Kier alpha value is -3.23. The number of nitrogens with zero attached hydrogens (tertiary/aromatic N) is 3. The van der Waals surface area contributed by atoms with Gasteiger partial charge in [0.2, 0.25) is 5.91 Å². The van der Waals surface area contributed by atoms with Crippen LogP contribution in [0.2, 0.25) is 0 Å². The Morgan fingerprint density at radius 2 is 1.71 bits per heavy atom. The van der Waals surface area contributed by atoms with Gasteiger partial charge in [-0.1, -0.05) is 49.4 Å². The second kappa shape index (κ2) is 10.8. The summed E-state index contributed by atoms with van der Waals surface area (Å²) in [6.45, 7) is 3.54. The Morgan fingerprint density at radius 1 is 1.03 bits per heavy atom. The number of rotatable bonds is 8. The number of hydrogen-bond donors (Lipinski definition) is 0. The molecule has 0 spiro atoms. The third-order valence-corrected chi connectivity index (χ3v) is 6.18. The standard InChI is InChI=1S/C26H31N3O5/c1-3-13-28-22(16-19-9-5-4-6-10-19)26(32)29(21-12-8-7-11-20(21)25(28)31)17-23(30)27(2)18-24-33-14-15-34-24/h4-12,22,24H,3,13-18H2,1-2H3. The molecule has 2 aliphatic heterocycles. The summed E-state index contributed by atoms with van der Waals surface area (Å²) in [5, 5.41) is 0. The van der Waals surface area contributed by atoms with Gasteiger partial charge in [0, 0.05) is 20.0 Å². The van der Waals surface area contributed by atoms with Gasteiger partial charge in [0.15, 0.2) is 6.29 Å². The number of carbonyl (C=O) groups is 3. The molecule has 3 amide bonds. The van der Waals surface area contributed by atoms with Crippen molar-refractivity contribution in [3.63, 3.8) is 0 Å². The molecular weight excluding hydrogens is 434 g/mol. The van der Waals surface area contributed by atoms with Crippen molar-refractivity contribution in [3.05, 3.63) is 65.7 Å². The summed E-state index contributed by atoms with van der Waals surface area (Å²) in [5.41, 5.74) is 1.85. The molecular formula is C26H31N3O5. The predicted octanol–water partition coefficient (Wildman–Crippen LogP) is 2.33. The highest BCUT2D eigenvalue weighted by Gasteiger charge is 2.40. The SMILES string of the molecule is CCCN1C(=O)c2ccccc2N(CC(=O)N(C)CC2OCCO2)C(=O)C1Cc1ccccc1. The first-order valence-corrected chi connectivity index (χ1v) is 11.7. The molecule has 2 aromatic carbocycles. The fourth-order valence-electron chi connectivity index (χ4n) is 4.41. The molecule has 180 valence electrons. The van der Waals surface area contributed by atoms with Crippen LogP contribution in [0.4, 0.5) is 5.69 Å². The second-order valence-electron chi connectivity index (χ2n) is 8.59. The molecule has 8 nitrogen and oxygen atoms in total. The van der Waals surface area contributed by atoms with Gasteiger partial charge in [-0.05, 0) is 24.1 Å². The van der Waals surface area contributed by atoms with Gasteiger partial charge in [-0.15, -0.1) is 0 Å². The number of hydrogen-bond acceptors (Lipinski definition) is 5. The summed E-state index contributed by atoms with van der Waals surface area (Å²) in [6, 6.07) is 16.0. The maximum absolute atomic E-state index is 14.0. The van der Waals surface area contributed by atoms with E-state index in [1.54, 1.807) is 36.2 Å². The average Bonchev–Trinajstić information content (AvgIpc) is 3.35. The molecule has 2 aromatic rings. The molecule has 1 unspecified atom stereocenters. The molecule has 4 rings (SSSR count). The highest BCUT2D eigenvalue weighted by atomic mass is 16.7. The molecule has 34 heavy (non-hydrogen) atoms. The molecule has 2 heterocycles. The van der Waals surface area contributed by atoms with Crippen LogP contribution in [0.3, 0.4) is 0 Å². The first kappa shape index (κ1) is 23.9. The second-order valence-corrected chi connectivity index (χ2v) is 8.59. The van der Waals surface area contributed by atoms with Crippen molar-refractivity contribution >= 4 is 23.4 Å². The molecule has 0 aliphatic carbocycles. The minimum absolute atomic E-state index is 0.169. The molecule has 1 saturated heterocycles. The van der Waals surface area contributed by atoms with E-state index in [1.165, 1.54) is 9.80 Å². The van der Waals surface area contributed by atoms with E-state index >= 15 is 0 Å². The van der Waals surface area contributed by atoms with E-state index in [0.717, 1.165) is 12.0 Å². The van der Waals surface area contributed by atoms with Crippen molar-refractivity contribution < 1.29 is 23.9 Å². The van der Waals surface area contributed by atoms with Gasteiger partial charge in [-0.25, -0.2) is 0 Å². The van der Waals surface area contributed by atoms with Gasteiger partial charge >= 0.3 is 0 Å². The zero-order valence-electron chi connectivity index (χ0n) is 19.7. The predicted molar refractivity (Wildman–Crippen MR) is 127 cm³/mol. The van der Waals surface area contributed by atoms with Gasteiger partial charge in [-0.2, -0.15) is 0 Å². The molecule has 0 aromatic heterocycles. The molecule has 2 aliphatic rings. The van der Waals surface area contributed by atoms with Crippen LogP contribution in [-0.4, -0.2) is 79.7 Å². The third-order valence-electron chi connectivity index (χ3n) is 6.18. The molecule has 0 radical (unpaired) electrons. The summed E-state index contributed by atoms with van der Waals surface area (Å²) in [5.74, 6) is -0.703. The molecule has 0 N–H and O–H groups in total. The number of amides is 3. The van der Waals surface area contributed by atoms with E-state index < -0.39 is 12.3 Å². The highest BCUT2D eigenvalue weighted by Crippen LogP contribution is 2.29. The van der Waals surface area contributed by atoms with Crippen LogP contribution in [0.5, 0.6) is 0 Å². The van der Waals surface area contributed by atoms with Crippen LogP contribution in [0.1, 0.15) is 29.3 Å². The van der Waals surface area contributed by atoms with Crippen molar-refractivity contribution in [2.75, 3.05) is 44.8 Å². The lowest BCUT2D eigenvalue weighted by Gasteiger charge is -2.31. The van der Waals surface area contributed by atoms with E-state index in [2.05, 4.69) is 0 Å². The molecule has 1 fully saturated rings. The maximum Gasteiger partial charge on any atom is 0.256 e. The molecule has 0 saturated carbocycles. The van der Waals surface area contributed by atoms with Gasteiger partial charge in [0.05, 0.1) is 31.0 Å². The third kappa shape index (κ3) is 5.13. The van der Waals surface area contributed by atoms with Gasteiger partial charge in [-0.3, -0.25) is 14.4 Å². The fraction of sp³-hybridized carbons (Fsp3) is 0.423.